The maximum atomic E-state index is 12.6. The van der Waals surface area contributed by atoms with Crippen LogP contribution in [0.3, 0.4) is 0 Å². The van der Waals surface area contributed by atoms with Gasteiger partial charge in [-0.15, -0.1) is 24.2 Å². The van der Waals surface area contributed by atoms with Crippen molar-refractivity contribution < 1.29 is 9.59 Å². The summed E-state index contributed by atoms with van der Waals surface area (Å²) in [6, 6.07) is 6.34. The standard InChI is InChI=1S/C16H20ClN3O2S.ClH/c17-12-5-3-11(4-6-12)16(22)20-9-23-8-14(20)15(21)19-13(7-18)10-1-2-10;/h3-6,10,13-14H,1-2,7-9,18H2,(H,19,21);1H. The van der Waals surface area contributed by atoms with Gasteiger partial charge in [0, 0.05) is 28.9 Å². The van der Waals surface area contributed by atoms with Crippen LogP contribution in [0.5, 0.6) is 0 Å². The summed E-state index contributed by atoms with van der Waals surface area (Å²) in [5, 5.41) is 3.61. The molecule has 3 rings (SSSR count). The predicted molar refractivity (Wildman–Crippen MR) is 99.7 cm³/mol. The average Bonchev–Trinajstić information content (AvgIpc) is 3.28. The van der Waals surface area contributed by atoms with Crippen molar-refractivity contribution >= 4 is 47.6 Å². The summed E-state index contributed by atoms with van der Waals surface area (Å²) in [5.74, 6) is 1.41. The van der Waals surface area contributed by atoms with Crippen LogP contribution >= 0.6 is 35.8 Å². The van der Waals surface area contributed by atoms with Gasteiger partial charge in [-0.25, -0.2) is 0 Å². The van der Waals surface area contributed by atoms with Crippen LogP contribution in [0.2, 0.25) is 5.02 Å². The smallest absolute Gasteiger partial charge is 0.255 e. The minimum absolute atomic E-state index is 0. The molecule has 1 saturated heterocycles. The number of nitrogens with one attached hydrogen (secondary N) is 1. The fourth-order valence-corrected chi connectivity index (χ4v) is 4.04. The van der Waals surface area contributed by atoms with Crippen molar-refractivity contribution in [1.82, 2.24) is 10.2 Å². The Balaban J connectivity index is 0.00000208. The summed E-state index contributed by atoms with van der Waals surface area (Å²) in [6.07, 6.45) is 2.24. The molecule has 1 aliphatic carbocycles. The molecule has 3 N–H and O–H groups in total. The lowest BCUT2D eigenvalue weighted by atomic mass is 10.1. The van der Waals surface area contributed by atoms with Crippen molar-refractivity contribution in [2.24, 2.45) is 11.7 Å². The number of carbonyl (C=O) groups excluding carboxylic acids is 2. The molecule has 1 heterocycles. The number of rotatable bonds is 5. The van der Waals surface area contributed by atoms with Gasteiger partial charge in [-0.3, -0.25) is 9.59 Å². The minimum atomic E-state index is -0.434. The molecule has 0 bridgehead atoms. The van der Waals surface area contributed by atoms with Gasteiger partial charge in [-0.05, 0) is 43.0 Å². The molecule has 24 heavy (non-hydrogen) atoms. The molecule has 8 heteroatoms. The number of carbonyl (C=O) groups is 2. The van der Waals surface area contributed by atoms with E-state index in [-0.39, 0.29) is 30.3 Å². The van der Waals surface area contributed by atoms with Crippen LogP contribution in [0.4, 0.5) is 0 Å². The van der Waals surface area contributed by atoms with E-state index in [1.165, 1.54) is 0 Å². The zero-order valence-corrected chi connectivity index (χ0v) is 15.5. The summed E-state index contributed by atoms with van der Waals surface area (Å²) < 4.78 is 0. The second-order valence-corrected chi connectivity index (χ2v) is 7.42. The zero-order chi connectivity index (χ0) is 16.4. The number of hydrogen-bond donors (Lipinski definition) is 2. The highest BCUT2D eigenvalue weighted by atomic mass is 35.5. The van der Waals surface area contributed by atoms with Gasteiger partial charge in [-0.1, -0.05) is 11.6 Å². The molecular formula is C16H21Cl2N3O2S. The Hall–Kier alpha value is -0.950. The minimum Gasteiger partial charge on any atom is -0.350 e. The van der Waals surface area contributed by atoms with Gasteiger partial charge in [0.15, 0.2) is 0 Å². The normalized spacial score (nSPS) is 21.1. The SMILES string of the molecule is Cl.NCC(NC(=O)C1CSCN1C(=O)c1ccc(Cl)cc1)C1CC1. The van der Waals surface area contributed by atoms with Crippen molar-refractivity contribution in [3.05, 3.63) is 34.9 Å². The highest BCUT2D eigenvalue weighted by Crippen LogP contribution is 2.32. The number of thioether (sulfide) groups is 1. The maximum Gasteiger partial charge on any atom is 0.255 e. The van der Waals surface area contributed by atoms with E-state index in [2.05, 4.69) is 5.32 Å². The fraction of sp³-hybridized carbons (Fsp3) is 0.500. The molecule has 1 saturated carbocycles. The molecule has 5 nitrogen and oxygen atoms in total. The molecule has 1 aromatic rings. The summed E-state index contributed by atoms with van der Waals surface area (Å²) in [7, 11) is 0. The van der Waals surface area contributed by atoms with E-state index >= 15 is 0 Å². The molecule has 132 valence electrons. The molecule has 1 aliphatic heterocycles. The number of halogens is 2. The van der Waals surface area contributed by atoms with Crippen LogP contribution in [0, 0.1) is 5.92 Å². The first-order valence-corrected chi connectivity index (χ1v) is 9.28. The van der Waals surface area contributed by atoms with Crippen molar-refractivity contribution in [3.8, 4) is 0 Å². The van der Waals surface area contributed by atoms with Crippen LogP contribution in [-0.4, -0.2) is 47.0 Å². The van der Waals surface area contributed by atoms with E-state index in [1.807, 2.05) is 0 Å². The summed E-state index contributed by atoms with van der Waals surface area (Å²) in [6.45, 7) is 0.446. The van der Waals surface area contributed by atoms with Crippen molar-refractivity contribution in [3.63, 3.8) is 0 Å². The molecule has 0 spiro atoms. The molecular weight excluding hydrogens is 369 g/mol. The zero-order valence-electron chi connectivity index (χ0n) is 13.1. The van der Waals surface area contributed by atoms with Gasteiger partial charge in [0.25, 0.3) is 5.91 Å². The Labute approximate surface area is 157 Å². The van der Waals surface area contributed by atoms with E-state index < -0.39 is 6.04 Å². The average molecular weight is 390 g/mol. The topological polar surface area (TPSA) is 75.4 Å². The molecule has 0 radical (unpaired) electrons. The molecule has 2 atom stereocenters. The molecule has 2 amide bonds. The second-order valence-electron chi connectivity index (χ2n) is 5.99. The van der Waals surface area contributed by atoms with Gasteiger partial charge < -0.3 is 16.0 Å². The van der Waals surface area contributed by atoms with Crippen LogP contribution < -0.4 is 11.1 Å². The highest BCUT2D eigenvalue weighted by Gasteiger charge is 2.38. The van der Waals surface area contributed by atoms with E-state index in [4.69, 9.17) is 17.3 Å². The number of nitrogens with zero attached hydrogens (tertiary/aromatic N) is 1. The first kappa shape index (κ1) is 19.4. The lowest BCUT2D eigenvalue weighted by molar-refractivity contribution is -0.125. The van der Waals surface area contributed by atoms with E-state index in [0.29, 0.717) is 34.7 Å². The van der Waals surface area contributed by atoms with Crippen LogP contribution in [0.15, 0.2) is 24.3 Å². The Morgan fingerprint density at radius 1 is 1.33 bits per heavy atom. The molecule has 2 aliphatic rings. The number of nitrogens with two attached hydrogens (primary N) is 1. The van der Waals surface area contributed by atoms with E-state index in [0.717, 1.165) is 12.8 Å². The fourth-order valence-electron chi connectivity index (χ4n) is 2.77. The first-order valence-electron chi connectivity index (χ1n) is 7.75. The Morgan fingerprint density at radius 3 is 2.58 bits per heavy atom. The maximum absolute atomic E-state index is 12.6. The van der Waals surface area contributed by atoms with Gasteiger partial charge in [0.2, 0.25) is 5.91 Å². The highest BCUT2D eigenvalue weighted by molar-refractivity contribution is 7.99. The van der Waals surface area contributed by atoms with Crippen molar-refractivity contribution in [2.75, 3.05) is 18.2 Å². The Kier molecular flexibility index (Phi) is 6.80. The lowest BCUT2D eigenvalue weighted by Crippen LogP contribution is -2.52. The number of benzene rings is 1. The molecule has 2 fully saturated rings. The Bertz CT molecular complexity index is 595. The lowest BCUT2D eigenvalue weighted by Gasteiger charge is -2.25. The van der Waals surface area contributed by atoms with Crippen molar-refractivity contribution in [1.29, 1.82) is 0 Å². The second kappa shape index (κ2) is 8.43. The van der Waals surface area contributed by atoms with Crippen LogP contribution in [0.25, 0.3) is 0 Å². The van der Waals surface area contributed by atoms with Gasteiger partial charge >= 0.3 is 0 Å². The van der Waals surface area contributed by atoms with Gasteiger partial charge in [-0.2, -0.15) is 0 Å². The van der Waals surface area contributed by atoms with Crippen LogP contribution in [0.1, 0.15) is 23.2 Å². The largest absolute Gasteiger partial charge is 0.350 e. The van der Waals surface area contributed by atoms with Gasteiger partial charge in [0.05, 0.1) is 5.88 Å². The monoisotopic (exact) mass is 389 g/mol. The molecule has 1 aromatic carbocycles. The van der Waals surface area contributed by atoms with E-state index in [9.17, 15) is 9.59 Å². The van der Waals surface area contributed by atoms with Gasteiger partial charge in [0.1, 0.15) is 6.04 Å². The third-order valence-corrected chi connectivity index (χ3v) is 5.57. The quantitative estimate of drug-likeness (QED) is 0.808. The summed E-state index contributed by atoms with van der Waals surface area (Å²) >= 11 is 7.45. The summed E-state index contributed by atoms with van der Waals surface area (Å²) in [4.78, 5) is 26.8. The number of amides is 2. The molecule has 0 aromatic heterocycles. The predicted octanol–water partition coefficient (Wildman–Crippen LogP) is 2.13. The summed E-state index contributed by atoms with van der Waals surface area (Å²) in [5.41, 5.74) is 6.30. The van der Waals surface area contributed by atoms with Crippen LogP contribution in [-0.2, 0) is 4.79 Å². The Morgan fingerprint density at radius 2 is 2.00 bits per heavy atom. The molecule has 2 unspecified atom stereocenters. The van der Waals surface area contributed by atoms with E-state index in [1.54, 1.807) is 40.9 Å². The first-order chi connectivity index (χ1) is 11.1. The third kappa shape index (κ3) is 4.36. The van der Waals surface area contributed by atoms with Crippen molar-refractivity contribution in [2.45, 2.75) is 24.9 Å². The third-order valence-electron chi connectivity index (χ3n) is 4.31. The number of hydrogen-bond acceptors (Lipinski definition) is 4.